The summed E-state index contributed by atoms with van der Waals surface area (Å²) in [6, 6.07) is 3.27. The third kappa shape index (κ3) is 3.85. The zero-order valence-corrected chi connectivity index (χ0v) is 14.3. The van der Waals surface area contributed by atoms with Crippen LogP contribution in [0.25, 0.3) is 0 Å². The molecule has 2 heterocycles. The number of carboxylic acids is 1. The number of nitrogens with zero attached hydrogens (tertiary/aromatic N) is 2. The van der Waals surface area contributed by atoms with Crippen LogP contribution in [0, 0.1) is 11.7 Å². The van der Waals surface area contributed by atoms with Gasteiger partial charge in [-0.2, -0.15) is 0 Å². The second-order valence-corrected chi connectivity index (χ2v) is 6.50. The smallest absolute Gasteiger partial charge is 0.335 e. The third-order valence-electron chi connectivity index (χ3n) is 4.90. The molecular weight excluding hydrogens is 343 g/mol. The predicted octanol–water partition coefficient (Wildman–Crippen LogP) is 1.23. The Kier molecular flexibility index (Phi) is 5.51. The Bertz CT molecular complexity index is 710. The summed E-state index contributed by atoms with van der Waals surface area (Å²) in [5.74, 6) is -2.60. The molecule has 0 spiro atoms. The fourth-order valence-electron chi connectivity index (χ4n) is 3.36. The van der Waals surface area contributed by atoms with Gasteiger partial charge in [0.1, 0.15) is 5.82 Å². The van der Waals surface area contributed by atoms with Gasteiger partial charge in [-0.15, -0.1) is 0 Å². The SMILES string of the molecule is O=C(O)c1ccc(C(=O)N2CCC(C(=O)N3CCOCC3)CC2)c(F)c1. The van der Waals surface area contributed by atoms with Gasteiger partial charge in [0.15, 0.2) is 0 Å². The number of aromatic carboxylic acids is 1. The van der Waals surface area contributed by atoms with Crippen molar-refractivity contribution in [3.05, 3.63) is 35.1 Å². The maximum Gasteiger partial charge on any atom is 0.335 e. The van der Waals surface area contributed by atoms with Crippen molar-refractivity contribution < 1.29 is 28.6 Å². The standard InChI is InChI=1S/C18H21FN2O5/c19-15-11-13(18(24)25)1-2-14(15)17(23)20-5-3-12(4-6-20)16(22)21-7-9-26-10-8-21/h1-2,11-12H,3-10H2,(H,24,25). The first kappa shape index (κ1) is 18.3. The molecule has 2 fully saturated rings. The van der Waals surface area contributed by atoms with Gasteiger partial charge < -0.3 is 19.6 Å². The molecule has 0 saturated carbocycles. The van der Waals surface area contributed by atoms with E-state index in [-0.39, 0.29) is 23.0 Å². The van der Waals surface area contributed by atoms with Gasteiger partial charge in [0.2, 0.25) is 5.91 Å². The maximum atomic E-state index is 14.1. The minimum Gasteiger partial charge on any atom is -0.478 e. The van der Waals surface area contributed by atoms with E-state index in [4.69, 9.17) is 9.84 Å². The number of hydrogen-bond donors (Lipinski definition) is 1. The lowest BCUT2D eigenvalue weighted by molar-refractivity contribution is -0.141. The summed E-state index contributed by atoms with van der Waals surface area (Å²) in [5.41, 5.74) is -0.346. The highest BCUT2D eigenvalue weighted by Crippen LogP contribution is 2.23. The molecule has 0 aromatic heterocycles. The molecule has 140 valence electrons. The van der Waals surface area contributed by atoms with Crippen LogP contribution in [0.4, 0.5) is 4.39 Å². The van der Waals surface area contributed by atoms with E-state index in [1.807, 2.05) is 0 Å². The van der Waals surface area contributed by atoms with Gasteiger partial charge in [-0.3, -0.25) is 9.59 Å². The van der Waals surface area contributed by atoms with E-state index in [1.54, 1.807) is 4.90 Å². The zero-order valence-electron chi connectivity index (χ0n) is 14.3. The van der Waals surface area contributed by atoms with Crippen molar-refractivity contribution in [2.45, 2.75) is 12.8 Å². The molecule has 2 amide bonds. The van der Waals surface area contributed by atoms with Gasteiger partial charge in [-0.25, -0.2) is 9.18 Å². The normalized spacial score (nSPS) is 18.7. The second kappa shape index (κ2) is 7.82. The van der Waals surface area contributed by atoms with Crippen molar-refractivity contribution in [1.29, 1.82) is 0 Å². The summed E-state index contributed by atoms with van der Waals surface area (Å²) in [4.78, 5) is 39.2. The Labute approximate surface area is 150 Å². The molecule has 3 rings (SSSR count). The number of amides is 2. The van der Waals surface area contributed by atoms with Crippen molar-refractivity contribution in [1.82, 2.24) is 9.80 Å². The summed E-state index contributed by atoms with van der Waals surface area (Å²) in [7, 11) is 0. The lowest BCUT2D eigenvalue weighted by Crippen LogP contribution is -2.47. The van der Waals surface area contributed by atoms with Crippen LogP contribution in [0.5, 0.6) is 0 Å². The second-order valence-electron chi connectivity index (χ2n) is 6.50. The van der Waals surface area contributed by atoms with Crippen LogP contribution >= 0.6 is 0 Å². The Morgan fingerprint density at radius 3 is 2.27 bits per heavy atom. The predicted molar refractivity (Wildman–Crippen MR) is 89.4 cm³/mol. The third-order valence-corrected chi connectivity index (χ3v) is 4.90. The van der Waals surface area contributed by atoms with Gasteiger partial charge in [-0.05, 0) is 31.0 Å². The Hall–Kier alpha value is -2.48. The first-order valence-electron chi connectivity index (χ1n) is 8.66. The number of piperidine rings is 1. The summed E-state index contributed by atoms with van der Waals surface area (Å²) in [5, 5.41) is 8.87. The van der Waals surface area contributed by atoms with E-state index in [1.165, 1.54) is 17.0 Å². The first-order chi connectivity index (χ1) is 12.5. The molecule has 26 heavy (non-hydrogen) atoms. The summed E-state index contributed by atoms with van der Waals surface area (Å²) in [6.45, 7) is 3.04. The van der Waals surface area contributed by atoms with E-state index in [2.05, 4.69) is 0 Å². The summed E-state index contributed by atoms with van der Waals surface area (Å²) in [6.07, 6.45) is 1.08. The number of morpholine rings is 1. The van der Waals surface area contributed by atoms with Crippen LogP contribution in [-0.4, -0.2) is 72.1 Å². The number of rotatable bonds is 3. The fourth-order valence-corrected chi connectivity index (χ4v) is 3.36. The number of carbonyl (C=O) groups excluding carboxylic acids is 2. The highest BCUT2D eigenvalue weighted by molar-refractivity contribution is 5.96. The van der Waals surface area contributed by atoms with Crippen molar-refractivity contribution in [3.63, 3.8) is 0 Å². The van der Waals surface area contributed by atoms with E-state index in [0.717, 1.165) is 6.07 Å². The molecular formula is C18H21FN2O5. The zero-order chi connectivity index (χ0) is 18.7. The molecule has 2 aliphatic heterocycles. The molecule has 0 aliphatic carbocycles. The number of halogens is 1. The maximum absolute atomic E-state index is 14.1. The van der Waals surface area contributed by atoms with E-state index in [0.29, 0.717) is 52.2 Å². The van der Waals surface area contributed by atoms with Crippen LogP contribution < -0.4 is 0 Å². The van der Waals surface area contributed by atoms with Gasteiger partial charge >= 0.3 is 5.97 Å². The fraction of sp³-hybridized carbons (Fsp3) is 0.500. The largest absolute Gasteiger partial charge is 0.478 e. The number of ether oxygens (including phenoxy) is 1. The average molecular weight is 364 g/mol. The number of benzene rings is 1. The van der Waals surface area contributed by atoms with Crippen LogP contribution in [0.3, 0.4) is 0 Å². The number of hydrogen-bond acceptors (Lipinski definition) is 4. The van der Waals surface area contributed by atoms with Crippen molar-refractivity contribution in [3.8, 4) is 0 Å². The topological polar surface area (TPSA) is 87.2 Å². The van der Waals surface area contributed by atoms with Gasteiger partial charge in [0.25, 0.3) is 5.91 Å². The molecule has 0 radical (unpaired) electrons. The van der Waals surface area contributed by atoms with E-state index in [9.17, 15) is 18.8 Å². The van der Waals surface area contributed by atoms with Crippen molar-refractivity contribution in [2.75, 3.05) is 39.4 Å². The molecule has 8 heteroatoms. The van der Waals surface area contributed by atoms with Crippen molar-refractivity contribution in [2.24, 2.45) is 5.92 Å². The lowest BCUT2D eigenvalue weighted by atomic mass is 9.94. The number of carbonyl (C=O) groups is 3. The number of carboxylic acid groups (broad SMARTS) is 1. The molecule has 0 atom stereocenters. The molecule has 7 nitrogen and oxygen atoms in total. The molecule has 0 unspecified atom stereocenters. The van der Waals surface area contributed by atoms with Crippen molar-refractivity contribution >= 4 is 17.8 Å². The molecule has 1 N–H and O–H groups in total. The quantitative estimate of drug-likeness (QED) is 0.872. The molecule has 2 saturated heterocycles. The van der Waals surface area contributed by atoms with Gasteiger partial charge in [-0.1, -0.05) is 0 Å². The molecule has 0 bridgehead atoms. The molecule has 1 aromatic carbocycles. The van der Waals surface area contributed by atoms with Gasteiger partial charge in [0.05, 0.1) is 24.3 Å². The minimum absolute atomic E-state index is 0.0948. The average Bonchev–Trinajstić information content (AvgIpc) is 2.67. The molecule has 2 aliphatic rings. The minimum atomic E-state index is -1.25. The Balaban J connectivity index is 1.60. The first-order valence-corrected chi connectivity index (χ1v) is 8.66. The summed E-state index contributed by atoms with van der Waals surface area (Å²) >= 11 is 0. The van der Waals surface area contributed by atoms with Gasteiger partial charge in [0, 0.05) is 32.1 Å². The van der Waals surface area contributed by atoms with E-state index < -0.39 is 17.7 Å². The highest BCUT2D eigenvalue weighted by atomic mass is 19.1. The van der Waals surface area contributed by atoms with Crippen LogP contribution in [-0.2, 0) is 9.53 Å². The number of likely N-dealkylation sites (tertiary alicyclic amines) is 1. The monoisotopic (exact) mass is 364 g/mol. The Morgan fingerprint density at radius 1 is 1.04 bits per heavy atom. The lowest BCUT2D eigenvalue weighted by Gasteiger charge is -2.35. The van der Waals surface area contributed by atoms with Crippen LogP contribution in [0.15, 0.2) is 18.2 Å². The summed E-state index contributed by atoms with van der Waals surface area (Å²) < 4.78 is 19.3. The van der Waals surface area contributed by atoms with Crippen LogP contribution in [0.1, 0.15) is 33.6 Å². The van der Waals surface area contributed by atoms with E-state index >= 15 is 0 Å². The highest BCUT2D eigenvalue weighted by Gasteiger charge is 2.31. The molecule has 1 aromatic rings. The Morgan fingerprint density at radius 2 is 1.69 bits per heavy atom. The van der Waals surface area contributed by atoms with Crippen LogP contribution in [0.2, 0.25) is 0 Å².